The molecule has 2 heterocycles. The quantitative estimate of drug-likeness (QED) is 0.853. The minimum atomic E-state index is -0.0673. The third-order valence-electron chi connectivity index (χ3n) is 4.33. The Balaban J connectivity index is 1.61. The molecule has 0 saturated carbocycles. The Bertz CT molecular complexity index is 778. The largest absolute Gasteiger partial charge is 0.487 e. The first kappa shape index (κ1) is 16.9. The van der Waals surface area contributed by atoms with Crippen molar-refractivity contribution in [2.24, 2.45) is 4.99 Å². The van der Waals surface area contributed by atoms with Gasteiger partial charge in [0.1, 0.15) is 19.3 Å². The lowest BCUT2D eigenvalue weighted by Gasteiger charge is -2.22. The zero-order valence-electron chi connectivity index (χ0n) is 14.5. The zero-order chi connectivity index (χ0) is 17.6. The number of benzene rings is 2. The van der Waals surface area contributed by atoms with Gasteiger partial charge in [0.05, 0.1) is 32.8 Å². The maximum absolute atomic E-state index is 5.92. The Kier molecular flexibility index (Phi) is 5.33. The van der Waals surface area contributed by atoms with E-state index in [0.717, 1.165) is 16.8 Å². The number of nitrogens with zero attached hydrogens (tertiary/aromatic N) is 1. The second kappa shape index (κ2) is 8.21. The number of rotatable bonds is 1. The molecule has 2 aliphatic rings. The molecule has 0 aliphatic carbocycles. The predicted octanol–water partition coefficient (Wildman–Crippen LogP) is 3.03. The Morgan fingerprint density at radius 3 is 2.38 bits per heavy atom. The molecule has 0 aromatic heterocycles. The van der Waals surface area contributed by atoms with Gasteiger partial charge in [-0.25, -0.2) is 0 Å². The first-order valence-electron chi connectivity index (χ1n) is 8.84. The molecule has 0 amide bonds. The summed E-state index contributed by atoms with van der Waals surface area (Å²) >= 11 is 0. The van der Waals surface area contributed by atoms with E-state index in [1.165, 1.54) is 0 Å². The van der Waals surface area contributed by atoms with Crippen molar-refractivity contribution in [1.29, 1.82) is 0 Å². The second-order valence-corrected chi connectivity index (χ2v) is 6.04. The van der Waals surface area contributed by atoms with Gasteiger partial charge >= 0.3 is 0 Å². The van der Waals surface area contributed by atoms with Crippen molar-refractivity contribution in [3.63, 3.8) is 0 Å². The number of anilines is 1. The van der Waals surface area contributed by atoms with Crippen LogP contribution in [0.5, 0.6) is 11.5 Å². The fourth-order valence-corrected chi connectivity index (χ4v) is 3.06. The number of hydrogen-bond donors (Lipinski definition) is 1. The minimum Gasteiger partial charge on any atom is -0.487 e. The number of hydrogen-bond acceptors (Lipinski definition) is 6. The third kappa shape index (κ3) is 3.81. The van der Waals surface area contributed by atoms with E-state index < -0.39 is 0 Å². The van der Waals surface area contributed by atoms with Crippen LogP contribution in [0.3, 0.4) is 0 Å². The Labute approximate surface area is 152 Å². The molecule has 136 valence electrons. The predicted molar refractivity (Wildman–Crippen MR) is 99.5 cm³/mol. The van der Waals surface area contributed by atoms with Gasteiger partial charge in [0, 0.05) is 11.3 Å². The van der Waals surface area contributed by atoms with E-state index in [2.05, 4.69) is 22.4 Å². The van der Waals surface area contributed by atoms with Gasteiger partial charge in [-0.15, -0.1) is 0 Å². The van der Waals surface area contributed by atoms with Gasteiger partial charge in [0.15, 0.2) is 11.5 Å². The van der Waals surface area contributed by atoms with E-state index >= 15 is 0 Å². The molecule has 0 saturated heterocycles. The second-order valence-electron chi connectivity index (χ2n) is 6.04. The number of ether oxygens (including phenoxy) is 4. The SMILES string of the molecule is C1=N[C@H](c2ccc3c(c2)OCCOCCOCCO3)c2ccccc2N1. The van der Waals surface area contributed by atoms with Crippen molar-refractivity contribution in [1.82, 2.24) is 0 Å². The van der Waals surface area contributed by atoms with Crippen LogP contribution in [-0.2, 0) is 9.47 Å². The number of para-hydroxylation sites is 1. The van der Waals surface area contributed by atoms with Crippen LogP contribution in [0.1, 0.15) is 17.2 Å². The van der Waals surface area contributed by atoms with Crippen LogP contribution < -0.4 is 14.8 Å². The summed E-state index contributed by atoms with van der Waals surface area (Å²) in [4.78, 5) is 4.62. The lowest BCUT2D eigenvalue weighted by molar-refractivity contribution is 0.0223. The van der Waals surface area contributed by atoms with E-state index in [-0.39, 0.29) is 6.04 Å². The molecule has 0 spiro atoms. The smallest absolute Gasteiger partial charge is 0.161 e. The number of aliphatic imine (C=N–C) groups is 1. The van der Waals surface area contributed by atoms with Crippen LogP contribution in [0.25, 0.3) is 0 Å². The van der Waals surface area contributed by atoms with Gasteiger partial charge in [-0.05, 0) is 23.8 Å². The van der Waals surface area contributed by atoms with Crippen LogP contribution in [0, 0.1) is 0 Å². The van der Waals surface area contributed by atoms with Gasteiger partial charge in [0.25, 0.3) is 0 Å². The van der Waals surface area contributed by atoms with Crippen LogP contribution in [-0.4, -0.2) is 46.0 Å². The lowest BCUT2D eigenvalue weighted by Crippen LogP contribution is -2.16. The number of nitrogens with one attached hydrogen (secondary N) is 1. The molecule has 0 fully saturated rings. The maximum atomic E-state index is 5.92. The summed E-state index contributed by atoms with van der Waals surface area (Å²) < 4.78 is 22.7. The lowest BCUT2D eigenvalue weighted by atomic mass is 9.96. The van der Waals surface area contributed by atoms with Crippen LogP contribution in [0.4, 0.5) is 5.69 Å². The van der Waals surface area contributed by atoms with Gasteiger partial charge < -0.3 is 24.3 Å². The molecule has 1 atom stereocenters. The summed E-state index contributed by atoms with van der Waals surface area (Å²) in [5.41, 5.74) is 3.27. The average molecular weight is 354 g/mol. The highest BCUT2D eigenvalue weighted by Crippen LogP contribution is 2.37. The van der Waals surface area contributed by atoms with E-state index in [1.54, 1.807) is 6.34 Å². The van der Waals surface area contributed by atoms with Crippen molar-refractivity contribution < 1.29 is 18.9 Å². The molecule has 0 bridgehead atoms. The van der Waals surface area contributed by atoms with Crippen LogP contribution in [0.15, 0.2) is 47.5 Å². The maximum Gasteiger partial charge on any atom is 0.161 e. The molecule has 6 heteroatoms. The van der Waals surface area contributed by atoms with Crippen molar-refractivity contribution in [2.75, 3.05) is 45.0 Å². The first-order chi connectivity index (χ1) is 12.9. The van der Waals surface area contributed by atoms with Crippen LogP contribution >= 0.6 is 0 Å². The van der Waals surface area contributed by atoms with E-state index in [1.807, 2.05) is 30.3 Å². The third-order valence-corrected chi connectivity index (χ3v) is 4.33. The first-order valence-corrected chi connectivity index (χ1v) is 8.84. The molecular formula is C20H22N2O4. The molecule has 26 heavy (non-hydrogen) atoms. The van der Waals surface area contributed by atoms with Crippen molar-refractivity contribution in [3.05, 3.63) is 53.6 Å². The Hall–Kier alpha value is -2.57. The average Bonchev–Trinajstić information content (AvgIpc) is 2.68. The summed E-state index contributed by atoms with van der Waals surface area (Å²) in [7, 11) is 0. The van der Waals surface area contributed by atoms with Gasteiger partial charge in [-0.1, -0.05) is 24.3 Å². The highest BCUT2D eigenvalue weighted by Gasteiger charge is 2.20. The summed E-state index contributed by atoms with van der Waals surface area (Å²) in [5.74, 6) is 1.42. The molecule has 0 unspecified atom stereocenters. The normalized spacial score (nSPS) is 20.2. The molecule has 2 aromatic carbocycles. The highest BCUT2D eigenvalue weighted by atomic mass is 16.6. The van der Waals surface area contributed by atoms with E-state index in [9.17, 15) is 0 Å². The molecule has 0 radical (unpaired) electrons. The van der Waals surface area contributed by atoms with Crippen molar-refractivity contribution >= 4 is 12.0 Å². The summed E-state index contributed by atoms with van der Waals surface area (Å²) in [5, 5.41) is 3.19. The topological polar surface area (TPSA) is 61.3 Å². The number of fused-ring (bicyclic) bond motifs is 2. The van der Waals surface area contributed by atoms with Crippen molar-refractivity contribution in [2.45, 2.75) is 6.04 Å². The molecule has 4 rings (SSSR count). The fourth-order valence-electron chi connectivity index (χ4n) is 3.06. The molecule has 2 aliphatic heterocycles. The van der Waals surface area contributed by atoms with Crippen LogP contribution in [0.2, 0.25) is 0 Å². The molecule has 2 aromatic rings. The van der Waals surface area contributed by atoms with Gasteiger partial charge in [-0.3, -0.25) is 4.99 Å². The van der Waals surface area contributed by atoms with Gasteiger partial charge in [-0.2, -0.15) is 0 Å². The zero-order valence-corrected chi connectivity index (χ0v) is 14.5. The Morgan fingerprint density at radius 1 is 0.808 bits per heavy atom. The van der Waals surface area contributed by atoms with E-state index in [4.69, 9.17) is 18.9 Å². The summed E-state index contributed by atoms with van der Waals surface area (Å²) in [6.45, 7) is 3.12. The molecule has 1 N–H and O–H groups in total. The van der Waals surface area contributed by atoms with Crippen molar-refractivity contribution in [3.8, 4) is 11.5 Å². The summed E-state index contributed by atoms with van der Waals surface area (Å²) in [6.07, 6.45) is 1.75. The highest BCUT2D eigenvalue weighted by molar-refractivity contribution is 5.81. The monoisotopic (exact) mass is 354 g/mol. The minimum absolute atomic E-state index is 0.0673. The fraction of sp³-hybridized carbons (Fsp3) is 0.350. The molecule has 6 nitrogen and oxygen atoms in total. The standard InChI is InChI=1S/C20H22N2O4/c1-2-4-17-16(3-1)20(22-14-21-17)15-5-6-18-19(13-15)26-12-10-24-8-7-23-9-11-25-18/h1-6,13-14,20H,7-12H2,(H,21,22)/t20-/m1/s1. The molecular weight excluding hydrogens is 332 g/mol. The van der Waals surface area contributed by atoms with E-state index in [0.29, 0.717) is 51.1 Å². The van der Waals surface area contributed by atoms with Gasteiger partial charge in [0.2, 0.25) is 0 Å². The summed E-state index contributed by atoms with van der Waals surface area (Å²) in [6, 6.07) is 14.1. The Morgan fingerprint density at radius 2 is 1.54 bits per heavy atom.